The third-order valence-corrected chi connectivity index (χ3v) is 3.24. The van der Waals surface area contributed by atoms with E-state index in [4.69, 9.17) is 17.3 Å². The van der Waals surface area contributed by atoms with Gasteiger partial charge in [-0.1, -0.05) is 29.8 Å². The molecule has 1 atom stereocenters. The molecule has 0 radical (unpaired) electrons. The summed E-state index contributed by atoms with van der Waals surface area (Å²) >= 11 is 6.08. The van der Waals surface area contributed by atoms with Crippen molar-refractivity contribution in [1.29, 1.82) is 0 Å². The lowest BCUT2D eigenvalue weighted by Gasteiger charge is -2.40. The maximum atomic E-state index is 6.08. The molecular formula is C11H15ClN2. The highest BCUT2D eigenvalue weighted by Gasteiger charge is 2.26. The Morgan fingerprint density at radius 1 is 1.43 bits per heavy atom. The molecule has 14 heavy (non-hydrogen) atoms. The van der Waals surface area contributed by atoms with Crippen molar-refractivity contribution in [3.63, 3.8) is 0 Å². The molecular weight excluding hydrogens is 196 g/mol. The molecule has 0 aromatic heterocycles. The molecule has 0 bridgehead atoms. The van der Waals surface area contributed by atoms with Gasteiger partial charge in [0.15, 0.2) is 0 Å². The lowest BCUT2D eigenvalue weighted by molar-refractivity contribution is 0.0882. The largest absolute Gasteiger partial charge is 0.329 e. The van der Waals surface area contributed by atoms with Crippen molar-refractivity contribution >= 4 is 11.6 Å². The molecule has 0 spiro atoms. The van der Waals surface area contributed by atoms with E-state index < -0.39 is 0 Å². The van der Waals surface area contributed by atoms with Gasteiger partial charge in [-0.2, -0.15) is 0 Å². The lowest BCUT2D eigenvalue weighted by Crippen LogP contribution is -2.50. The predicted molar refractivity (Wildman–Crippen MR) is 59.3 cm³/mol. The van der Waals surface area contributed by atoms with E-state index in [-0.39, 0.29) is 0 Å². The highest BCUT2D eigenvalue weighted by Crippen LogP contribution is 2.23. The summed E-state index contributed by atoms with van der Waals surface area (Å²) in [7, 11) is 0. The summed E-state index contributed by atoms with van der Waals surface area (Å²) in [4.78, 5) is 2.38. The zero-order valence-electron chi connectivity index (χ0n) is 8.12. The molecule has 2 rings (SSSR count). The van der Waals surface area contributed by atoms with Crippen LogP contribution in [-0.2, 0) is 6.54 Å². The van der Waals surface area contributed by atoms with Gasteiger partial charge in [0.05, 0.1) is 0 Å². The second kappa shape index (κ2) is 4.30. The predicted octanol–water partition coefficient (Wildman–Crippen LogP) is 1.87. The first-order valence-corrected chi connectivity index (χ1v) is 5.36. The number of nitrogens with zero attached hydrogens (tertiary/aromatic N) is 1. The molecule has 2 N–H and O–H groups in total. The van der Waals surface area contributed by atoms with Crippen LogP contribution >= 0.6 is 11.6 Å². The lowest BCUT2D eigenvalue weighted by atomic mass is 10.0. The standard InChI is InChI=1S/C11H15ClN2/c12-11-4-2-1-3-9(11)8-14-6-5-10(14)7-13/h1-4,10H,5-8,13H2. The van der Waals surface area contributed by atoms with Gasteiger partial charge in [-0.05, 0) is 18.1 Å². The van der Waals surface area contributed by atoms with E-state index in [0.29, 0.717) is 6.04 Å². The highest BCUT2D eigenvalue weighted by molar-refractivity contribution is 6.31. The van der Waals surface area contributed by atoms with E-state index in [9.17, 15) is 0 Å². The first kappa shape index (κ1) is 9.97. The number of rotatable bonds is 3. The SMILES string of the molecule is NCC1CCN1Cc1ccccc1Cl. The Kier molecular flexibility index (Phi) is 3.06. The molecule has 1 saturated heterocycles. The van der Waals surface area contributed by atoms with Gasteiger partial charge in [0.2, 0.25) is 0 Å². The molecule has 1 unspecified atom stereocenters. The molecule has 2 nitrogen and oxygen atoms in total. The number of likely N-dealkylation sites (tertiary alicyclic amines) is 1. The Morgan fingerprint density at radius 2 is 2.21 bits per heavy atom. The number of halogens is 1. The Bertz CT molecular complexity index is 312. The number of hydrogen-bond acceptors (Lipinski definition) is 2. The fraction of sp³-hybridized carbons (Fsp3) is 0.455. The van der Waals surface area contributed by atoms with Gasteiger partial charge in [0, 0.05) is 30.7 Å². The van der Waals surface area contributed by atoms with Crippen LogP contribution in [0.4, 0.5) is 0 Å². The van der Waals surface area contributed by atoms with E-state index in [1.54, 1.807) is 0 Å². The van der Waals surface area contributed by atoms with Crippen LogP contribution in [0.3, 0.4) is 0 Å². The molecule has 1 aromatic carbocycles. The van der Waals surface area contributed by atoms with Crippen LogP contribution in [0.2, 0.25) is 5.02 Å². The molecule has 1 aliphatic rings. The zero-order chi connectivity index (χ0) is 9.97. The third-order valence-electron chi connectivity index (χ3n) is 2.87. The molecule has 3 heteroatoms. The molecule has 0 aliphatic carbocycles. The minimum atomic E-state index is 0.561. The summed E-state index contributed by atoms with van der Waals surface area (Å²) in [5.41, 5.74) is 6.84. The monoisotopic (exact) mass is 210 g/mol. The maximum Gasteiger partial charge on any atom is 0.0451 e. The molecule has 1 heterocycles. The number of hydrogen-bond donors (Lipinski definition) is 1. The van der Waals surface area contributed by atoms with Crippen molar-refractivity contribution in [3.8, 4) is 0 Å². The van der Waals surface area contributed by atoms with Crippen LogP contribution in [0.1, 0.15) is 12.0 Å². The summed E-state index contributed by atoms with van der Waals surface area (Å²) < 4.78 is 0. The Morgan fingerprint density at radius 3 is 2.79 bits per heavy atom. The smallest absolute Gasteiger partial charge is 0.0451 e. The summed E-state index contributed by atoms with van der Waals surface area (Å²) in [5, 5.41) is 0.857. The van der Waals surface area contributed by atoms with Gasteiger partial charge in [-0.15, -0.1) is 0 Å². The second-order valence-electron chi connectivity index (χ2n) is 3.74. The first-order chi connectivity index (χ1) is 6.81. The van der Waals surface area contributed by atoms with Gasteiger partial charge in [0.1, 0.15) is 0 Å². The Hall–Kier alpha value is -0.570. The number of nitrogens with two attached hydrogens (primary N) is 1. The first-order valence-electron chi connectivity index (χ1n) is 4.99. The average Bonchev–Trinajstić information content (AvgIpc) is 2.15. The highest BCUT2D eigenvalue weighted by atomic mass is 35.5. The van der Waals surface area contributed by atoms with Crippen molar-refractivity contribution in [2.75, 3.05) is 13.1 Å². The van der Waals surface area contributed by atoms with Gasteiger partial charge in [-0.25, -0.2) is 0 Å². The molecule has 76 valence electrons. The minimum absolute atomic E-state index is 0.561. The van der Waals surface area contributed by atoms with Crippen LogP contribution in [0.5, 0.6) is 0 Å². The molecule has 1 aromatic rings. The van der Waals surface area contributed by atoms with Crippen LogP contribution in [0.15, 0.2) is 24.3 Å². The van der Waals surface area contributed by atoms with Crippen LogP contribution < -0.4 is 5.73 Å². The molecule has 1 aliphatic heterocycles. The van der Waals surface area contributed by atoms with Crippen molar-refractivity contribution in [3.05, 3.63) is 34.9 Å². The fourth-order valence-corrected chi connectivity index (χ4v) is 2.01. The van der Waals surface area contributed by atoms with Gasteiger partial charge in [-0.3, -0.25) is 4.90 Å². The van der Waals surface area contributed by atoms with E-state index in [1.807, 2.05) is 18.2 Å². The van der Waals surface area contributed by atoms with Crippen LogP contribution in [0.25, 0.3) is 0 Å². The van der Waals surface area contributed by atoms with E-state index in [0.717, 1.165) is 24.7 Å². The van der Waals surface area contributed by atoms with Crippen molar-refractivity contribution in [2.24, 2.45) is 5.73 Å². The minimum Gasteiger partial charge on any atom is -0.329 e. The van der Waals surface area contributed by atoms with Crippen LogP contribution in [0, 0.1) is 0 Å². The topological polar surface area (TPSA) is 29.3 Å². The quantitative estimate of drug-likeness (QED) is 0.826. The summed E-state index contributed by atoms with van der Waals surface area (Å²) in [6.07, 6.45) is 1.22. The van der Waals surface area contributed by atoms with Crippen molar-refractivity contribution in [2.45, 2.75) is 19.0 Å². The third kappa shape index (κ3) is 1.92. The Labute approximate surface area is 89.7 Å². The molecule has 0 saturated carbocycles. The molecule has 1 fully saturated rings. The maximum absolute atomic E-state index is 6.08. The van der Waals surface area contributed by atoms with Gasteiger partial charge >= 0.3 is 0 Å². The average molecular weight is 211 g/mol. The van der Waals surface area contributed by atoms with Gasteiger partial charge < -0.3 is 5.73 Å². The van der Waals surface area contributed by atoms with E-state index >= 15 is 0 Å². The second-order valence-corrected chi connectivity index (χ2v) is 4.15. The fourth-order valence-electron chi connectivity index (χ4n) is 1.81. The van der Waals surface area contributed by atoms with E-state index in [1.165, 1.54) is 12.0 Å². The van der Waals surface area contributed by atoms with Crippen molar-refractivity contribution < 1.29 is 0 Å². The summed E-state index contributed by atoms with van der Waals surface area (Å²) in [5.74, 6) is 0. The summed E-state index contributed by atoms with van der Waals surface area (Å²) in [6, 6.07) is 8.56. The number of benzene rings is 1. The zero-order valence-corrected chi connectivity index (χ0v) is 8.87. The summed E-state index contributed by atoms with van der Waals surface area (Å²) in [6.45, 7) is 2.83. The van der Waals surface area contributed by atoms with Crippen LogP contribution in [-0.4, -0.2) is 24.0 Å². The van der Waals surface area contributed by atoms with Gasteiger partial charge in [0.25, 0.3) is 0 Å². The van der Waals surface area contributed by atoms with E-state index in [2.05, 4.69) is 11.0 Å². The normalized spacial score (nSPS) is 22.0. The Balaban J connectivity index is 2.01. The van der Waals surface area contributed by atoms with Crippen molar-refractivity contribution in [1.82, 2.24) is 4.90 Å². The molecule has 0 amide bonds.